The minimum Gasteiger partial charge on any atom is -0.495 e. The quantitative estimate of drug-likeness (QED) is 0.671. The molecule has 0 aliphatic rings. The fourth-order valence-electron chi connectivity index (χ4n) is 3.23. The van der Waals surface area contributed by atoms with Crippen LogP contribution in [0.4, 0.5) is 5.69 Å². The number of nitrogens with one attached hydrogen (secondary N) is 1. The van der Waals surface area contributed by atoms with Crippen LogP contribution in [0, 0.1) is 0 Å². The second kappa shape index (κ2) is 7.79. The molecule has 138 valence electrons. The maximum Gasteiger partial charge on any atom is 0.238 e. The second-order valence-electron chi connectivity index (χ2n) is 6.75. The Bertz CT molecular complexity index is 916. The molecule has 26 heavy (non-hydrogen) atoms. The fourth-order valence-corrected chi connectivity index (χ4v) is 3.23. The number of carbonyl (C=O) groups is 1. The van der Waals surface area contributed by atoms with E-state index in [1.165, 1.54) is 0 Å². The molecule has 1 atom stereocenters. The smallest absolute Gasteiger partial charge is 0.238 e. The number of furan rings is 1. The Kier molecular flexibility index (Phi) is 5.47. The van der Waals surface area contributed by atoms with E-state index < -0.39 is 0 Å². The number of carbonyl (C=O) groups excluding carboxylic acids is 1. The van der Waals surface area contributed by atoms with Crippen molar-refractivity contribution in [2.75, 3.05) is 26.0 Å². The molecule has 0 spiro atoms. The predicted octanol–water partition coefficient (Wildman–Crippen LogP) is 4.65. The standard InChI is InChI=1S/C21H26N2O3/c1-5-8-14(2)23(3)13-21(24)22-17-12-19-16(11-20(17)25-4)15-9-6-7-10-18(15)26-19/h6-7,9-12,14H,5,8,13H2,1-4H3,(H,22,24). The summed E-state index contributed by atoms with van der Waals surface area (Å²) in [5, 5.41) is 4.97. The molecule has 1 heterocycles. The van der Waals surface area contributed by atoms with E-state index in [-0.39, 0.29) is 5.91 Å². The number of amides is 1. The summed E-state index contributed by atoms with van der Waals surface area (Å²) in [5.41, 5.74) is 2.18. The lowest BCUT2D eigenvalue weighted by atomic mass is 10.1. The number of anilines is 1. The van der Waals surface area contributed by atoms with E-state index in [9.17, 15) is 4.79 Å². The molecule has 3 aromatic rings. The first kappa shape index (κ1) is 18.3. The van der Waals surface area contributed by atoms with Gasteiger partial charge in [0.2, 0.25) is 5.91 Å². The first-order chi connectivity index (χ1) is 12.5. The molecule has 1 amide bonds. The molecule has 0 aliphatic carbocycles. The summed E-state index contributed by atoms with van der Waals surface area (Å²) in [4.78, 5) is 14.5. The Morgan fingerprint density at radius 3 is 2.73 bits per heavy atom. The van der Waals surface area contributed by atoms with E-state index in [0.29, 0.717) is 24.0 Å². The van der Waals surface area contributed by atoms with Crippen LogP contribution in [-0.2, 0) is 4.79 Å². The number of rotatable bonds is 7. The number of fused-ring (bicyclic) bond motifs is 3. The molecule has 0 fully saturated rings. The molecular formula is C21H26N2O3. The Hall–Kier alpha value is -2.53. The lowest BCUT2D eigenvalue weighted by Gasteiger charge is -2.23. The molecule has 0 saturated heterocycles. The maximum atomic E-state index is 12.5. The third-order valence-corrected chi connectivity index (χ3v) is 4.82. The van der Waals surface area contributed by atoms with Gasteiger partial charge >= 0.3 is 0 Å². The highest BCUT2D eigenvalue weighted by molar-refractivity contribution is 6.07. The van der Waals surface area contributed by atoms with Gasteiger partial charge in [0.1, 0.15) is 16.9 Å². The lowest BCUT2D eigenvalue weighted by molar-refractivity contribution is -0.117. The van der Waals surface area contributed by atoms with Gasteiger partial charge in [0.15, 0.2) is 0 Å². The number of benzene rings is 2. The normalized spacial score (nSPS) is 12.7. The van der Waals surface area contributed by atoms with E-state index in [4.69, 9.17) is 9.15 Å². The largest absolute Gasteiger partial charge is 0.495 e. The van der Waals surface area contributed by atoms with Crippen LogP contribution in [0.3, 0.4) is 0 Å². The summed E-state index contributed by atoms with van der Waals surface area (Å²) in [5.74, 6) is 0.561. The average Bonchev–Trinajstić information content (AvgIpc) is 2.98. The number of methoxy groups -OCH3 is 1. The third-order valence-electron chi connectivity index (χ3n) is 4.82. The Balaban J connectivity index is 1.85. The SMILES string of the molecule is CCCC(C)N(C)CC(=O)Nc1cc2oc3ccccc3c2cc1OC. The van der Waals surface area contributed by atoms with Crippen LogP contribution in [-0.4, -0.2) is 37.6 Å². The number of hydrogen-bond donors (Lipinski definition) is 1. The van der Waals surface area contributed by atoms with Gasteiger partial charge < -0.3 is 14.5 Å². The summed E-state index contributed by atoms with van der Waals surface area (Å²) in [6, 6.07) is 12.0. The van der Waals surface area contributed by atoms with Crippen LogP contribution in [0.2, 0.25) is 0 Å². The van der Waals surface area contributed by atoms with Crippen molar-refractivity contribution < 1.29 is 13.9 Å². The average molecular weight is 354 g/mol. The van der Waals surface area contributed by atoms with Crippen LogP contribution in [0.5, 0.6) is 5.75 Å². The highest BCUT2D eigenvalue weighted by Gasteiger charge is 2.16. The Morgan fingerprint density at radius 2 is 2.00 bits per heavy atom. The van der Waals surface area contributed by atoms with Gasteiger partial charge in [-0.05, 0) is 32.5 Å². The van der Waals surface area contributed by atoms with E-state index >= 15 is 0 Å². The Morgan fingerprint density at radius 1 is 1.23 bits per heavy atom. The maximum absolute atomic E-state index is 12.5. The topological polar surface area (TPSA) is 54.7 Å². The number of hydrogen-bond acceptors (Lipinski definition) is 4. The van der Waals surface area contributed by atoms with Gasteiger partial charge in [0.05, 0.1) is 19.3 Å². The van der Waals surface area contributed by atoms with Gasteiger partial charge in [0.25, 0.3) is 0 Å². The molecule has 1 aromatic heterocycles. The molecule has 1 N–H and O–H groups in total. The third kappa shape index (κ3) is 3.68. The molecule has 0 radical (unpaired) electrons. The van der Waals surface area contributed by atoms with E-state index in [0.717, 1.165) is 34.8 Å². The lowest BCUT2D eigenvalue weighted by Crippen LogP contribution is -2.36. The van der Waals surface area contributed by atoms with Crippen molar-refractivity contribution in [3.63, 3.8) is 0 Å². The summed E-state index contributed by atoms with van der Waals surface area (Å²) in [6.45, 7) is 4.62. The molecule has 5 nitrogen and oxygen atoms in total. The number of ether oxygens (including phenoxy) is 1. The zero-order chi connectivity index (χ0) is 18.7. The first-order valence-electron chi connectivity index (χ1n) is 9.02. The molecule has 3 rings (SSSR count). The van der Waals surface area contributed by atoms with Crippen molar-refractivity contribution in [1.29, 1.82) is 0 Å². The van der Waals surface area contributed by atoms with Crippen LogP contribution in [0.1, 0.15) is 26.7 Å². The van der Waals surface area contributed by atoms with E-state index in [1.54, 1.807) is 7.11 Å². The second-order valence-corrected chi connectivity index (χ2v) is 6.75. The van der Waals surface area contributed by atoms with Crippen LogP contribution >= 0.6 is 0 Å². The van der Waals surface area contributed by atoms with Crippen molar-refractivity contribution in [3.05, 3.63) is 36.4 Å². The van der Waals surface area contributed by atoms with Crippen molar-refractivity contribution >= 4 is 33.5 Å². The van der Waals surface area contributed by atoms with E-state index in [1.807, 2.05) is 43.4 Å². The number of para-hydroxylation sites is 1. The molecule has 5 heteroatoms. The number of likely N-dealkylation sites (N-methyl/N-ethyl adjacent to an activating group) is 1. The zero-order valence-electron chi connectivity index (χ0n) is 15.8. The van der Waals surface area contributed by atoms with Crippen molar-refractivity contribution in [2.45, 2.75) is 32.7 Å². The predicted molar refractivity (Wildman–Crippen MR) is 106 cm³/mol. The molecule has 0 saturated carbocycles. The van der Waals surface area contributed by atoms with Crippen molar-refractivity contribution in [2.24, 2.45) is 0 Å². The van der Waals surface area contributed by atoms with Gasteiger partial charge in [-0.25, -0.2) is 0 Å². The molecule has 2 aromatic carbocycles. The fraction of sp³-hybridized carbons (Fsp3) is 0.381. The minimum absolute atomic E-state index is 0.0655. The van der Waals surface area contributed by atoms with Crippen LogP contribution < -0.4 is 10.1 Å². The summed E-state index contributed by atoms with van der Waals surface area (Å²) in [6.07, 6.45) is 2.17. The first-order valence-corrected chi connectivity index (χ1v) is 9.02. The zero-order valence-corrected chi connectivity index (χ0v) is 15.8. The summed E-state index contributed by atoms with van der Waals surface area (Å²) < 4.78 is 11.4. The van der Waals surface area contributed by atoms with Crippen LogP contribution in [0.15, 0.2) is 40.8 Å². The Labute approximate surface area is 153 Å². The van der Waals surface area contributed by atoms with Gasteiger partial charge in [-0.2, -0.15) is 0 Å². The molecule has 0 bridgehead atoms. The molecular weight excluding hydrogens is 328 g/mol. The highest BCUT2D eigenvalue weighted by atomic mass is 16.5. The van der Waals surface area contributed by atoms with Gasteiger partial charge in [-0.1, -0.05) is 31.5 Å². The van der Waals surface area contributed by atoms with Crippen molar-refractivity contribution in [1.82, 2.24) is 4.90 Å². The molecule has 1 unspecified atom stereocenters. The summed E-state index contributed by atoms with van der Waals surface area (Å²) in [7, 11) is 3.58. The number of nitrogens with zero attached hydrogens (tertiary/aromatic N) is 1. The van der Waals surface area contributed by atoms with Crippen molar-refractivity contribution in [3.8, 4) is 5.75 Å². The van der Waals surface area contributed by atoms with Gasteiger partial charge in [0, 0.05) is 22.9 Å². The monoisotopic (exact) mass is 354 g/mol. The molecule has 0 aliphatic heterocycles. The van der Waals surface area contributed by atoms with E-state index in [2.05, 4.69) is 24.1 Å². The summed E-state index contributed by atoms with van der Waals surface area (Å²) >= 11 is 0. The highest BCUT2D eigenvalue weighted by Crippen LogP contribution is 2.36. The van der Waals surface area contributed by atoms with Gasteiger partial charge in [-0.15, -0.1) is 0 Å². The van der Waals surface area contributed by atoms with Gasteiger partial charge in [-0.3, -0.25) is 9.69 Å². The minimum atomic E-state index is -0.0655. The van der Waals surface area contributed by atoms with Crippen LogP contribution in [0.25, 0.3) is 21.9 Å².